The number of aromatic hydroxyl groups is 1. The summed E-state index contributed by atoms with van der Waals surface area (Å²) in [6, 6.07) is 21.6. The lowest BCUT2D eigenvalue weighted by molar-refractivity contribution is -0.118. The molecule has 1 amide bonds. The predicted molar refractivity (Wildman–Crippen MR) is 116 cm³/mol. The van der Waals surface area contributed by atoms with Gasteiger partial charge in [-0.25, -0.2) is 0 Å². The van der Waals surface area contributed by atoms with Gasteiger partial charge in [-0.3, -0.25) is 14.5 Å². The van der Waals surface area contributed by atoms with Crippen molar-refractivity contribution in [1.29, 1.82) is 0 Å². The number of para-hydroxylation sites is 3. The van der Waals surface area contributed by atoms with Crippen molar-refractivity contribution in [3.05, 3.63) is 95.8 Å². The molecule has 0 spiro atoms. The second-order valence-electron chi connectivity index (χ2n) is 7.09. The summed E-state index contributed by atoms with van der Waals surface area (Å²) in [6.07, 6.45) is 0.123. The molecule has 3 aromatic carbocycles. The highest BCUT2D eigenvalue weighted by molar-refractivity contribution is 6.16. The Labute approximate surface area is 179 Å². The van der Waals surface area contributed by atoms with Crippen LogP contribution in [0.3, 0.4) is 0 Å². The van der Waals surface area contributed by atoms with Gasteiger partial charge in [-0.2, -0.15) is 0 Å². The van der Waals surface area contributed by atoms with Gasteiger partial charge in [0, 0.05) is 6.42 Å². The van der Waals surface area contributed by atoms with Crippen molar-refractivity contribution in [1.82, 2.24) is 0 Å². The minimum atomic E-state index is -0.896. The van der Waals surface area contributed by atoms with E-state index in [0.29, 0.717) is 17.1 Å². The standard InChI is InChI=1S/C25H21NO5/c1-2-20(27)22-23(26(25(30)24(22)29)19-13-6-7-14-21(19)28)16-9-8-12-18(15-16)31-17-10-4-3-5-11-17/h3-15,23,28-29H,2H2,1H3. The van der Waals surface area contributed by atoms with Crippen LogP contribution in [0.4, 0.5) is 5.69 Å². The molecule has 0 radical (unpaired) electrons. The first-order valence-electron chi connectivity index (χ1n) is 9.92. The van der Waals surface area contributed by atoms with Gasteiger partial charge in [0.2, 0.25) is 0 Å². The number of anilines is 1. The summed E-state index contributed by atoms with van der Waals surface area (Å²) in [5.41, 5.74) is 0.788. The van der Waals surface area contributed by atoms with E-state index in [1.165, 1.54) is 11.0 Å². The van der Waals surface area contributed by atoms with E-state index in [0.717, 1.165) is 0 Å². The first-order chi connectivity index (χ1) is 15.0. The molecule has 1 aliphatic heterocycles. The third-order valence-corrected chi connectivity index (χ3v) is 5.12. The largest absolute Gasteiger partial charge is 0.506 e. The number of aliphatic hydroxyl groups excluding tert-OH is 1. The van der Waals surface area contributed by atoms with E-state index in [4.69, 9.17) is 4.74 Å². The zero-order chi connectivity index (χ0) is 22.0. The minimum absolute atomic E-state index is 0.00705. The summed E-state index contributed by atoms with van der Waals surface area (Å²) in [6.45, 7) is 1.67. The van der Waals surface area contributed by atoms with Crippen molar-refractivity contribution < 1.29 is 24.5 Å². The molecule has 1 unspecified atom stereocenters. The van der Waals surface area contributed by atoms with Gasteiger partial charge in [-0.15, -0.1) is 0 Å². The van der Waals surface area contributed by atoms with Crippen LogP contribution >= 0.6 is 0 Å². The fourth-order valence-corrected chi connectivity index (χ4v) is 3.68. The summed E-state index contributed by atoms with van der Waals surface area (Å²) < 4.78 is 5.90. The minimum Gasteiger partial charge on any atom is -0.506 e. The normalized spacial score (nSPS) is 16.0. The molecule has 0 saturated heterocycles. The lowest BCUT2D eigenvalue weighted by Gasteiger charge is -2.27. The SMILES string of the molecule is CCC(=O)C1=C(O)C(=O)N(c2ccccc2O)C1c1cccc(Oc2ccccc2)c1. The van der Waals surface area contributed by atoms with Crippen molar-refractivity contribution in [3.8, 4) is 17.2 Å². The monoisotopic (exact) mass is 415 g/mol. The molecule has 3 aromatic rings. The van der Waals surface area contributed by atoms with Crippen LogP contribution in [-0.2, 0) is 9.59 Å². The van der Waals surface area contributed by atoms with Gasteiger partial charge in [-0.05, 0) is 42.0 Å². The third kappa shape index (κ3) is 3.75. The number of ketones is 1. The number of amides is 1. The summed E-state index contributed by atoms with van der Waals surface area (Å²) in [5.74, 6) is -0.656. The Morgan fingerprint density at radius 2 is 1.61 bits per heavy atom. The van der Waals surface area contributed by atoms with Crippen LogP contribution in [0.25, 0.3) is 0 Å². The van der Waals surface area contributed by atoms with Gasteiger partial charge in [0.15, 0.2) is 11.5 Å². The van der Waals surface area contributed by atoms with E-state index >= 15 is 0 Å². The van der Waals surface area contributed by atoms with Crippen molar-refractivity contribution in [2.45, 2.75) is 19.4 Å². The maximum atomic E-state index is 13.0. The molecule has 0 fully saturated rings. The Kier molecular flexibility index (Phi) is 5.45. The number of Topliss-reactive ketones (excluding diaryl/α,β-unsaturated/α-hetero) is 1. The average Bonchev–Trinajstić information content (AvgIpc) is 3.05. The quantitative estimate of drug-likeness (QED) is 0.587. The van der Waals surface area contributed by atoms with Crippen LogP contribution in [0.2, 0.25) is 0 Å². The highest BCUT2D eigenvalue weighted by Crippen LogP contribution is 2.44. The van der Waals surface area contributed by atoms with E-state index in [2.05, 4.69) is 0 Å². The summed E-state index contributed by atoms with van der Waals surface area (Å²) in [5, 5.41) is 20.9. The van der Waals surface area contributed by atoms with E-state index in [1.807, 2.05) is 30.3 Å². The van der Waals surface area contributed by atoms with Crippen LogP contribution in [0.15, 0.2) is 90.2 Å². The molecule has 0 aromatic heterocycles. The summed E-state index contributed by atoms with van der Waals surface area (Å²) >= 11 is 0. The molecule has 1 atom stereocenters. The topological polar surface area (TPSA) is 87.1 Å². The molecule has 6 nitrogen and oxygen atoms in total. The fourth-order valence-electron chi connectivity index (χ4n) is 3.68. The van der Waals surface area contributed by atoms with Gasteiger partial charge in [-0.1, -0.05) is 49.4 Å². The first-order valence-corrected chi connectivity index (χ1v) is 9.92. The smallest absolute Gasteiger partial charge is 0.294 e. The van der Waals surface area contributed by atoms with E-state index in [-0.39, 0.29) is 29.2 Å². The molecule has 2 N–H and O–H groups in total. The predicted octanol–water partition coefficient (Wildman–Crippen LogP) is 5.06. The molecule has 0 bridgehead atoms. The number of ether oxygens (including phenoxy) is 1. The van der Waals surface area contributed by atoms with Gasteiger partial charge in [0.1, 0.15) is 17.2 Å². The third-order valence-electron chi connectivity index (χ3n) is 5.12. The second-order valence-corrected chi connectivity index (χ2v) is 7.09. The Morgan fingerprint density at radius 3 is 2.32 bits per heavy atom. The van der Waals surface area contributed by atoms with Crippen LogP contribution in [0.1, 0.15) is 24.9 Å². The van der Waals surface area contributed by atoms with Crippen molar-refractivity contribution in [3.63, 3.8) is 0 Å². The van der Waals surface area contributed by atoms with Crippen LogP contribution in [0.5, 0.6) is 17.2 Å². The Balaban J connectivity index is 1.82. The number of nitrogens with zero attached hydrogens (tertiary/aromatic N) is 1. The highest BCUT2D eigenvalue weighted by Gasteiger charge is 2.44. The molecule has 1 heterocycles. The maximum Gasteiger partial charge on any atom is 0.294 e. The number of hydrogen-bond donors (Lipinski definition) is 2. The Morgan fingerprint density at radius 1 is 0.935 bits per heavy atom. The Bertz CT molecular complexity index is 1170. The number of phenols is 1. The molecular weight excluding hydrogens is 394 g/mol. The molecule has 0 saturated carbocycles. The van der Waals surface area contributed by atoms with Crippen LogP contribution in [-0.4, -0.2) is 21.9 Å². The zero-order valence-corrected chi connectivity index (χ0v) is 16.9. The number of rotatable bonds is 6. The van der Waals surface area contributed by atoms with Crippen molar-refractivity contribution >= 4 is 17.4 Å². The van der Waals surface area contributed by atoms with Gasteiger partial charge in [0.25, 0.3) is 5.91 Å². The number of aliphatic hydroxyl groups is 1. The summed E-state index contributed by atoms with van der Waals surface area (Å²) in [7, 11) is 0. The number of phenolic OH excluding ortho intramolecular Hbond substituents is 1. The highest BCUT2D eigenvalue weighted by atomic mass is 16.5. The lowest BCUT2D eigenvalue weighted by atomic mass is 9.94. The lowest BCUT2D eigenvalue weighted by Crippen LogP contribution is -2.31. The molecule has 156 valence electrons. The van der Waals surface area contributed by atoms with Gasteiger partial charge in [0.05, 0.1) is 17.3 Å². The average molecular weight is 415 g/mol. The molecule has 4 rings (SSSR count). The number of carbonyl (C=O) groups is 2. The first kappa shape index (κ1) is 20.2. The van der Waals surface area contributed by atoms with Crippen LogP contribution in [0, 0.1) is 0 Å². The molecule has 6 heteroatoms. The Hall–Kier alpha value is -4.06. The fraction of sp³-hybridized carbons (Fsp3) is 0.120. The number of hydrogen-bond acceptors (Lipinski definition) is 5. The molecule has 1 aliphatic rings. The molecular formula is C25H21NO5. The van der Waals surface area contributed by atoms with E-state index < -0.39 is 17.7 Å². The number of benzene rings is 3. The van der Waals surface area contributed by atoms with Gasteiger partial charge >= 0.3 is 0 Å². The second kappa shape index (κ2) is 8.36. The van der Waals surface area contributed by atoms with Crippen molar-refractivity contribution in [2.75, 3.05) is 4.90 Å². The maximum absolute atomic E-state index is 13.0. The van der Waals surface area contributed by atoms with Crippen LogP contribution < -0.4 is 9.64 Å². The van der Waals surface area contributed by atoms with Crippen molar-refractivity contribution in [2.24, 2.45) is 0 Å². The molecule has 31 heavy (non-hydrogen) atoms. The van der Waals surface area contributed by atoms with Gasteiger partial charge < -0.3 is 14.9 Å². The van der Waals surface area contributed by atoms with E-state index in [1.54, 1.807) is 49.4 Å². The molecule has 0 aliphatic carbocycles. The summed E-state index contributed by atoms with van der Waals surface area (Å²) in [4.78, 5) is 26.9. The number of carbonyl (C=O) groups excluding carboxylic acids is 2. The van der Waals surface area contributed by atoms with E-state index in [9.17, 15) is 19.8 Å². The zero-order valence-electron chi connectivity index (χ0n) is 16.9.